The van der Waals surface area contributed by atoms with Crippen molar-refractivity contribution in [1.82, 2.24) is 0 Å². The molecule has 4 aliphatic rings. The Bertz CT molecular complexity index is 386. The van der Waals surface area contributed by atoms with Gasteiger partial charge in [-0.05, 0) is 23.7 Å². The van der Waals surface area contributed by atoms with E-state index < -0.39 is 0 Å². The lowest BCUT2D eigenvalue weighted by molar-refractivity contribution is -0.128. The summed E-state index contributed by atoms with van der Waals surface area (Å²) < 4.78 is 5.64. The molecule has 2 heteroatoms. The van der Waals surface area contributed by atoms with Crippen LogP contribution >= 0.6 is 0 Å². The Morgan fingerprint density at radius 2 is 2.07 bits per heavy atom. The van der Waals surface area contributed by atoms with Crippen LogP contribution in [0.3, 0.4) is 0 Å². The summed E-state index contributed by atoms with van der Waals surface area (Å²) in [7, 11) is 0. The topological polar surface area (TPSA) is 26.3 Å². The highest BCUT2D eigenvalue weighted by atomic mass is 16.5. The van der Waals surface area contributed by atoms with E-state index in [1.807, 2.05) is 0 Å². The first-order valence-electron chi connectivity index (χ1n) is 6.09. The molecule has 4 rings (SSSR count). The van der Waals surface area contributed by atoms with Crippen molar-refractivity contribution in [3.8, 4) is 0 Å². The molecule has 4 fully saturated rings. The first kappa shape index (κ1) is 8.74. The summed E-state index contributed by atoms with van der Waals surface area (Å²) in [5.74, 6) is 2.17. The zero-order valence-corrected chi connectivity index (χ0v) is 9.67. The van der Waals surface area contributed by atoms with Gasteiger partial charge in [0.2, 0.25) is 0 Å². The zero-order chi connectivity index (χ0) is 10.6. The van der Waals surface area contributed by atoms with Crippen molar-refractivity contribution >= 4 is 5.78 Å². The third kappa shape index (κ3) is 0.555. The number of hydrogen-bond acceptors (Lipinski definition) is 2. The predicted molar refractivity (Wildman–Crippen MR) is 55.2 cm³/mol. The molecule has 0 radical (unpaired) electrons. The van der Waals surface area contributed by atoms with Crippen LogP contribution in [-0.2, 0) is 9.53 Å². The Morgan fingerprint density at radius 3 is 2.73 bits per heavy atom. The molecule has 15 heavy (non-hydrogen) atoms. The summed E-state index contributed by atoms with van der Waals surface area (Å²) >= 11 is 0. The lowest BCUT2D eigenvalue weighted by Crippen LogP contribution is -2.32. The first-order chi connectivity index (χ1) is 6.97. The smallest absolute Gasteiger partial charge is 0.143 e. The van der Waals surface area contributed by atoms with Crippen molar-refractivity contribution in [2.24, 2.45) is 34.0 Å². The van der Waals surface area contributed by atoms with Crippen molar-refractivity contribution in [3.05, 3.63) is 0 Å². The third-order valence-electron chi connectivity index (χ3n) is 6.44. The lowest BCUT2D eigenvalue weighted by Gasteiger charge is -2.30. The fourth-order valence-electron chi connectivity index (χ4n) is 5.73. The van der Waals surface area contributed by atoms with Gasteiger partial charge in [-0.25, -0.2) is 0 Å². The molecule has 1 heterocycles. The summed E-state index contributed by atoms with van der Waals surface area (Å²) in [6.45, 7) is 8.44. The van der Waals surface area contributed by atoms with E-state index in [1.165, 1.54) is 6.42 Å². The monoisotopic (exact) mass is 206 g/mol. The Labute approximate surface area is 90.4 Å². The summed E-state index contributed by atoms with van der Waals surface area (Å²) in [6.07, 6.45) is 1.23. The normalized spacial score (nSPS) is 63.1. The van der Waals surface area contributed by atoms with Crippen molar-refractivity contribution in [1.29, 1.82) is 0 Å². The van der Waals surface area contributed by atoms with Crippen LogP contribution in [0.15, 0.2) is 0 Å². The molecular formula is C13H18O2. The molecule has 2 nitrogen and oxygen atoms in total. The minimum atomic E-state index is -0.0605. The number of rotatable bonds is 0. The van der Waals surface area contributed by atoms with Gasteiger partial charge in [-0.2, -0.15) is 0 Å². The fourth-order valence-corrected chi connectivity index (χ4v) is 5.73. The molecule has 3 aliphatic carbocycles. The van der Waals surface area contributed by atoms with E-state index in [0.717, 1.165) is 13.2 Å². The second kappa shape index (κ2) is 1.92. The van der Waals surface area contributed by atoms with Crippen LogP contribution in [0.5, 0.6) is 0 Å². The molecule has 3 saturated carbocycles. The molecule has 1 aliphatic heterocycles. The Morgan fingerprint density at radius 1 is 1.33 bits per heavy atom. The second-order valence-electron chi connectivity index (χ2n) is 6.84. The molecular weight excluding hydrogens is 188 g/mol. The van der Waals surface area contributed by atoms with Crippen molar-refractivity contribution in [2.45, 2.75) is 27.2 Å². The van der Waals surface area contributed by atoms with E-state index in [-0.39, 0.29) is 10.8 Å². The Balaban J connectivity index is 1.92. The van der Waals surface area contributed by atoms with Gasteiger partial charge in [0.05, 0.1) is 13.2 Å². The van der Waals surface area contributed by atoms with Gasteiger partial charge in [-0.3, -0.25) is 4.79 Å². The highest BCUT2D eigenvalue weighted by Gasteiger charge is 2.91. The summed E-state index contributed by atoms with van der Waals surface area (Å²) in [5.41, 5.74) is 0.522. The predicted octanol–water partition coefficient (Wildman–Crippen LogP) is 1.88. The van der Waals surface area contributed by atoms with E-state index >= 15 is 0 Å². The number of carbonyl (C=O) groups is 1. The number of Topliss-reactive ketones (excluding diaryl/α,β-unsaturated/α-hetero) is 1. The average molecular weight is 206 g/mol. The maximum absolute atomic E-state index is 12.4. The lowest BCUT2D eigenvalue weighted by atomic mass is 9.73. The van der Waals surface area contributed by atoms with Gasteiger partial charge in [0.1, 0.15) is 5.78 Å². The van der Waals surface area contributed by atoms with E-state index in [1.54, 1.807) is 0 Å². The quantitative estimate of drug-likeness (QED) is 0.605. The molecule has 0 N–H and O–H groups in total. The zero-order valence-electron chi connectivity index (χ0n) is 9.67. The van der Waals surface area contributed by atoms with E-state index in [4.69, 9.17) is 4.74 Å². The molecule has 5 atom stereocenters. The minimum Gasteiger partial charge on any atom is -0.381 e. The Kier molecular flexibility index (Phi) is 1.12. The fraction of sp³-hybridized carbons (Fsp3) is 0.923. The number of carbonyl (C=O) groups excluding carboxylic acids is 1. The van der Waals surface area contributed by atoms with Crippen LogP contribution in [0.4, 0.5) is 0 Å². The molecule has 0 aromatic carbocycles. The third-order valence-corrected chi connectivity index (χ3v) is 6.44. The van der Waals surface area contributed by atoms with E-state index in [0.29, 0.717) is 29.0 Å². The largest absolute Gasteiger partial charge is 0.381 e. The number of ketones is 1. The maximum atomic E-state index is 12.4. The van der Waals surface area contributed by atoms with Crippen LogP contribution in [-0.4, -0.2) is 19.0 Å². The maximum Gasteiger partial charge on any atom is 0.143 e. The van der Waals surface area contributed by atoms with Crippen LogP contribution in [0.2, 0.25) is 0 Å². The number of hydrogen-bond donors (Lipinski definition) is 0. The minimum absolute atomic E-state index is 0.0605. The molecule has 2 unspecified atom stereocenters. The summed E-state index contributed by atoms with van der Waals surface area (Å²) in [6, 6.07) is 0. The second-order valence-corrected chi connectivity index (χ2v) is 6.84. The highest BCUT2D eigenvalue weighted by Crippen LogP contribution is 2.89. The van der Waals surface area contributed by atoms with Gasteiger partial charge in [0.15, 0.2) is 0 Å². The number of ether oxygens (including phenoxy) is 1. The van der Waals surface area contributed by atoms with E-state index in [9.17, 15) is 4.79 Å². The van der Waals surface area contributed by atoms with Crippen LogP contribution in [0.1, 0.15) is 27.2 Å². The van der Waals surface area contributed by atoms with Crippen molar-refractivity contribution in [2.75, 3.05) is 13.2 Å². The van der Waals surface area contributed by atoms with E-state index in [2.05, 4.69) is 20.8 Å². The van der Waals surface area contributed by atoms with Gasteiger partial charge in [-0.15, -0.1) is 0 Å². The SMILES string of the molecule is CC1(C)C(=O)C2C34COC[C@H]3C[C@H]1[C@]24C. The Hall–Kier alpha value is -0.370. The van der Waals surface area contributed by atoms with Crippen molar-refractivity contribution in [3.63, 3.8) is 0 Å². The van der Waals surface area contributed by atoms with Crippen molar-refractivity contribution < 1.29 is 9.53 Å². The molecule has 82 valence electrons. The van der Waals surface area contributed by atoms with Crippen LogP contribution < -0.4 is 0 Å². The molecule has 0 bridgehead atoms. The average Bonchev–Trinajstić information content (AvgIpc) is 2.48. The summed E-state index contributed by atoms with van der Waals surface area (Å²) in [5, 5.41) is 0. The molecule has 0 aromatic rings. The van der Waals surface area contributed by atoms with Gasteiger partial charge in [0, 0.05) is 16.7 Å². The van der Waals surface area contributed by atoms with Crippen LogP contribution in [0.25, 0.3) is 0 Å². The first-order valence-corrected chi connectivity index (χ1v) is 6.09. The van der Waals surface area contributed by atoms with Crippen LogP contribution in [0, 0.1) is 34.0 Å². The van der Waals surface area contributed by atoms with Gasteiger partial charge in [0.25, 0.3) is 0 Å². The molecule has 0 amide bonds. The standard InChI is InChI=1S/C13H18O2/c1-11(2)8-4-7-5-15-6-13(7)9(10(11)14)12(8,13)3/h7-9H,4-6H2,1-3H3/t7-,8-,9?,12-,13?/m1/s1. The molecule has 1 spiro atoms. The molecule has 0 aromatic heterocycles. The molecule has 1 saturated heterocycles. The highest BCUT2D eigenvalue weighted by molar-refractivity contribution is 5.96. The van der Waals surface area contributed by atoms with Gasteiger partial charge in [-0.1, -0.05) is 20.8 Å². The van der Waals surface area contributed by atoms with Gasteiger partial charge >= 0.3 is 0 Å². The van der Waals surface area contributed by atoms with Gasteiger partial charge < -0.3 is 4.74 Å². The summed E-state index contributed by atoms with van der Waals surface area (Å²) in [4.78, 5) is 12.4.